The molecule has 0 amide bonds. The lowest BCUT2D eigenvalue weighted by molar-refractivity contribution is 0.484. The standard InChI is InChI=1S/C13H21FN2O2S/c1-5-15-9-11-7-12(14)10(3)13(8-11)19(17,18)16(4)6-2/h7-8,15H,5-6,9H2,1-4H3. The molecule has 1 aromatic carbocycles. The zero-order valence-electron chi connectivity index (χ0n) is 11.8. The van der Waals surface area contributed by atoms with E-state index < -0.39 is 15.8 Å². The van der Waals surface area contributed by atoms with E-state index in [1.807, 2.05) is 6.92 Å². The summed E-state index contributed by atoms with van der Waals surface area (Å²) in [6.07, 6.45) is 0. The summed E-state index contributed by atoms with van der Waals surface area (Å²) in [5.74, 6) is -0.488. The largest absolute Gasteiger partial charge is 0.313 e. The number of hydrogen-bond acceptors (Lipinski definition) is 3. The number of nitrogens with zero attached hydrogens (tertiary/aromatic N) is 1. The molecule has 0 unspecified atom stereocenters. The molecular weight excluding hydrogens is 267 g/mol. The number of hydrogen-bond donors (Lipinski definition) is 1. The first-order valence-corrected chi connectivity index (χ1v) is 7.74. The van der Waals surface area contributed by atoms with E-state index in [1.165, 1.54) is 24.3 Å². The maximum Gasteiger partial charge on any atom is 0.243 e. The Labute approximate surface area is 114 Å². The SMILES string of the molecule is CCNCc1cc(F)c(C)c(S(=O)(=O)N(C)CC)c1. The third-order valence-corrected chi connectivity index (χ3v) is 5.13. The molecule has 0 saturated carbocycles. The van der Waals surface area contributed by atoms with E-state index in [9.17, 15) is 12.8 Å². The van der Waals surface area contributed by atoms with Crippen LogP contribution in [-0.4, -0.2) is 32.9 Å². The van der Waals surface area contributed by atoms with Crippen LogP contribution in [0.25, 0.3) is 0 Å². The molecule has 0 aromatic heterocycles. The molecule has 0 spiro atoms. The van der Waals surface area contributed by atoms with Crippen molar-refractivity contribution in [1.82, 2.24) is 9.62 Å². The average molecular weight is 288 g/mol. The van der Waals surface area contributed by atoms with Crippen LogP contribution in [0.5, 0.6) is 0 Å². The number of benzene rings is 1. The van der Waals surface area contributed by atoms with Crippen molar-refractivity contribution in [2.45, 2.75) is 32.2 Å². The summed E-state index contributed by atoms with van der Waals surface area (Å²) in [5.41, 5.74) is 0.800. The highest BCUT2D eigenvalue weighted by Gasteiger charge is 2.23. The van der Waals surface area contributed by atoms with Crippen molar-refractivity contribution >= 4 is 10.0 Å². The lowest BCUT2D eigenvalue weighted by Crippen LogP contribution is -2.27. The fourth-order valence-corrected chi connectivity index (χ4v) is 3.14. The fraction of sp³-hybridized carbons (Fsp3) is 0.538. The van der Waals surface area contributed by atoms with Gasteiger partial charge in [0.25, 0.3) is 0 Å². The van der Waals surface area contributed by atoms with Crippen LogP contribution in [0, 0.1) is 12.7 Å². The average Bonchev–Trinajstić information content (AvgIpc) is 2.38. The molecular formula is C13H21FN2O2S. The van der Waals surface area contributed by atoms with Crippen LogP contribution in [0.2, 0.25) is 0 Å². The molecule has 0 aliphatic rings. The minimum Gasteiger partial charge on any atom is -0.313 e. The van der Waals surface area contributed by atoms with Gasteiger partial charge < -0.3 is 5.32 Å². The number of nitrogens with one attached hydrogen (secondary N) is 1. The van der Waals surface area contributed by atoms with Crippen LogP contribution in [0.4, 0.5) is 4.39 Å². The molecule has 0 fully saturated rings. The number of halogens is 1. The van der Waals surface area contributed by atoms with Gasteiger partial charge >= 0.3 is 0 Å². The monoisotopic (exact) mass is 288 g/mol. The summed E-state index contributed by atoms with van der Waals surface area (Å²) in [7, 11) is -2.13. The summed E-state index contributed by atoms with van der Waals surface area (Å²) < 4.78 is 39.7. The van der Waals surface area contributed by atoms with Crippen LogP contribution >= 0.6 is 0 Å². The Morgan fingerprint density at radius 3 is 2.47 bits per heavy atom. The Hall–Kier alpha value is -0.980. The van der Waals surface area contributed by atoms with Gasteiger partial charge in [-0.15, -0.1) is 0 Å². The summed E-state index contributed by atoms with van der Waals surface area (Å²) in [5, 5.41) is 3.06. The van der Waals surface area contributed by atoms with Crippen molar-refractivity contribution in [2.75, 3.05) is 20.1 Å². The first-order chi connectivity index (χ1) is 8.84. The third-order valence-electron chi connectivity index (χ3n) is 3.07. The highest BCUT2D eigenvalue weighted by atomic mass is 32.2. The first-order valence-electron chi connectivity index (χ1n) is 6.30. The van der Waals surface area contributed by atoms with Crippen molar-refractivity contribution < 1.29 is 12.8 Å². The molecule has 19 heavy (non-hydrogen) atoms. The van der Waals surface area contributed by atoms with Crippen LogP contribution in [0.3, 0.4) is 0 Å². The van der Waals surface area contributed by atoms with E-state index >= 15 is 0 Å². The zero-order chi connectivity index (χ0) is 14.6. The van der Waals surface area contributed by atoms with Crippen molar-refractivity contribution in [2.24, 2.45) is 0 Å². The third kappa shape index (κ3) is 3.52. The fourth-order valence-electron chi connectivity index (χ4n) is 1.68. The number of sulfonamides is 1. The van der Waals surface area contributed by atoms with Crippen LogP contribution in [-0.2, 0) is 16.6 Å². The van der Waals surface area contributed by atoms with Gasteiger partial charge in [0.1, 0.15) is 5.82 Å². The molecule has 0 bridgehead atoms. The van der Waals surface area contributed by atoms with E-state index in [-0.39, 0.29) is 10.5 Å². The quantitative estimate of drug-likeness (QED) is 0.869. The summed E-state index contributed by atoms with van der Waals surface area (Å²) in [6, 6.07) is 2.92. The lowest BCUT2D eigenvalue weighted by atomic mass is 10.1. The second-order valence-corrected chi connectivity index (χ2v) is 6.41. The smallest absolute Gasteiger partial charge is 0.243 e. The van der Waals surface area contributed by atoms with Gasteiger partial charge in [-0.3, -0.25) is 0 Å². The minimum absolute atomic E-state index is 0.0461. The van der Waals surface area contributed by atoms with E-state index in [1.54, 1.807) is 13.0 Å². The van der Waals surface area contributed by atoms with Gasteiger partial charge in [0.15, 0.2) is 0 Å². The molecule has 1 rings (SSSR count). The molecule has 1 aromatic rings. The molecule has 0 aliphatic carbocycles. The van der Waals surface area contributed by atoms with Gasteiger partial charge in [0, 0.05) is 25.7 Å². The van der Waals surface area contributed by atoms with Crippen molar-refractivity contribution in [3.05, 3.63) is 29.1 Å². The molecule has 6 heteroatoms. The normalized spacial score (nSPS) is 12.1. The predicted octanol–water partition coefficient (Wildman–Crippen LogP) is 1.88. The Morgan fingerprint density at radius 1 is 1.32 bits per heavy atom. The van der Waals surface area contributed by atoms with Gasteiger partial charge in [-0.05, 0) is 31.2 Å². The Morgan fingerprint density at radius 2 is 1.95 bits per heavy atom. The van der Waals surface area contributed by atoms with Crippen molar-refractivity contribution in [1.29, 1.82) is 0 Å². The van der Waals surface area contributed by atoms with Crippen molar-refractivity contribution in [3.63, 3.8) is 0 Å². The Kier molecular flexibility index (Phi) is 5.46. The highest BCUT2D eigenvalue weighted by molar-refractivity contribution is 7.89. The minimum atomic E-state index is -3.62. The summed E-state index contributed by atoms with van der Waals surface area (Å²) in [6.45, 7) is 6.71. The number of rotatable bonds is 6. The molecule has 0 atom stereocenters. The Bertz CT molecular complexity index is 544. The molecule has 0 saturated heterocycles. The van der Waals surface area contributed by atoms with E-state index in [0.717, 1.165) is 6.54 Å². The predicted molar refractivity (Wildman–Crippen MR) is 74.0 cm³/mol. The molecule has 1 N–H and O–H groups in total. The molecule has 4 nitrogen and oxygen atoms in total. The van der Waals surface area contributed by atoms with Crippen LogP contribution in [0.15, 0.2) is 17.0 Å². The first kappa shape index (κ1) is 16.1. The highest BCUT2D eigenvalue weighted by Crippen LogP contribution is 2.23. The van der Waals surface area contributed by atoms with Gasteiger partial charge in [-0.25, -0.2) is 17.1 Å². The molecule has 0 radical (unpaired) electrons. The Balaban J connectivity index is 3.30. The van der Waals surface area contributed by atoms with Gasteiger partial charge in [-0.2, -0.15) is 0 Å². The van der Waals surface area contributed by atoms with E-state index in [4.69, 9.17) is 0 Å². The second kappa shape index (κ2) is 6.45. The second-order valence-electron chi connectivity index (χ2n) is 4.40. The van der Waals surface area contributed by atoms with Crippen LogP contribution in [0.1, 0.15) is 25.0 Å². The maximum absolute atomic E-state index is 13.9. The van der Waals surface area contributed by atoms with Gasteiger partial charge in [0.2, 0.25) is 10.0 Å². The van der Waals surface area contributed by atoms with Crippen molar-refractivity contribution in [3.8, 4) is 0 Å². The van der Waals surface area contributed by atoms with Gasteiger partial charge in [0.05, 0.1) is 4.90 Å². The summed E-state index contributed by atoms with van der Waals surface area (Å²) >= 11 is 0. The maximum atomic E-state index is 13.9. The molecule has 0 heterocycles. The lowest BCUT2D eigenvalue weighted by Gasteiger charge is -2.18. The molecule has 0 aliphatic heterocycles. The van der Waals surface area contributed by atoms with E-state index in [2.05, 4.69) is 5.32 Å². The van der Waals surface area contributed by atoms with Crippen LogP contribution < -0.4 is 5.32 Å². The van der Waals surface area contributed by atoms with Gasteiger partial charge in [-0.1, -0.05) is 13.8 Å². The topological polar surface area (TPSA) is 49.4 Å². The van der Waals surface area contributed by atoms with E-state index in [0.29, 0.717) is 18.7 Å². The summed E-state index contributed by atoms with van der Waals surface area (Å²) in [4.78, 5) is 0.0461. The zero-order valence-corrected chi connectivity index (χ0v) is 12.6. The molecule has 108 valence electrons.